The van der Waals surface area contributed by atoms with Crippen molar-refractivity contribution in [1.29, 1.82) is 0 Å². The highest BCUT2D eigenvalue weighted by Gasteiger charge is 2.38. The van der Waals surface area contributed by atoms with Crippen LogP contribution in [0.2, 0.25) is 0 Å². The summed E-state index contributed by atoms with van der Waals surface area (Å²) in [5.74, 6) is -0.582. The lowest BCUT2D eigenvalue weighted by Crippen LogP contribution is -2.40. The van der Waals surface area contributed by atoms with Crippen molar-refractivity contribution in [3.8, 4) is 5.75 Å². The second-order valence-corrected chi connectivity index (χ2v) is 5.05. The molecule has 0 saturated carbocycles. The van der Waals surface area contributed by atoms with E-state index in [9.17, 15) is 14.7 Å². The zero-order valence-electron chi connectivity index (χ0n) is 11.6. The molecule has 1 unspecified atom stereocenters. The number of para-hydroxylation sites is 1. The molecule has 1 aliphatic heterocycles. The Labute approximate surface area is 122 Å². The van der Waals surface area contributed by atoms with E-state index in [1.165, 1.54) is 4.90 Å². The molecule has 6 nitrogen and oxygen atoms in total. The van der Waals surface area contributed by atoms with E-state index >= 15 is 0 Å². The summed E-state index contributed by atoms with van der Waals surface area (Å²) in [6.45, 7) is 0.485. The van der Waals surface area contributed by atoms with Gasteiger partial charge in [0.05, 0.1) is 12.7 Å². The molecule has 1 amide bonds. The Kier molecular flexibility index (Phi) is 5.16. The standard InChI is InChI=1S/C15H19NO5/c17-11-9-13(15(19)20)16(10-11)14(18)7-4-8-21-12-5-2-1-3-6-12/h1-3,5-6,11,13,17H,4,7-10H2,(H,19,20)/t11?,13-/m0/s1. The third-order valence-corrected chi connectivity index (χ3v) is 3.43. The number of carboxylic acid groups (broad SMARTS) is 1. The van der Waals surface area contributed by atoms with Crippen LogP contribution in [0.3, 0.4) is 0 Å². The van der Waals surface area contributed by atoms with Crippen LogP contribution in [0.25, 0.3) is 0 Å². The number of benzene rings is 1. The molecule has 0 bridgehead atoms. The fourth-order valence-electron chi connectivity index (χ4n) is 2.40. The predicted octanol–water partition coefficient (Wildman–Crippen LogP) is 0.892. The quantitative estimate of drug-likeness (QED) is 0.761. The fourth-order valence-corrected chi connectivity index (χ4v) is 2.40. The summed E-state index contributed by atoms with van der Waals surface area (Å²) < 4.78 is 5.48. The van der Waals surface area contributed by atoms with Crippen molar-refractivity contribution < 1.29 is 24.5 Å². The molecule has 1 saturated heterocycles. The first kappa shape index (κ1) is 15.3. The summed E-state index contributed by atoms with van der Waals surface area (Å²) in [5.41, 5.74) is 0. The number of likely N-dealkylation sites (tertiary alicyclic amines) is 1. The minimum absolute atomic E-state index is 0.0926. The van der Waals surface area contributed by atoms with Crippen molar-refractivity contribution in [2.24, 2.45) is 0 Å². The number of hydrogen-bond acceptors (Lipinski definition) is 4. The number of carbonyl (C=O) groups is 2. The third kappa shape index (κ3) is 4.19. The van der Waals surface area contributed by atoms with Gasteiger partial charge in [-0.3, -0.25) is 4.79 Å². The van der Waals surface area contributed by atoms with Crippen molar-refractivity contribution in [2.75, 3.05) is 13.2 Å². The number of β-amino-alcohol motifs (C(OH)–C–C–N with tert-alkyl or cyclic N) is 1. The molecule has 0 spiro atoms. The first-order valence-corrected chi connectivity index (χ1v) is 6.96. The summed E-state index contributed by atoms with van der Waals surface area (Å²) >= 11 is 0. The zero-order chi connectivity index (χ0) is 15.2. The van der Waals surface area contributed by atoms with Crippen LogP contribution in [0.1, 0.15) is 19.3 Å². The highest BCUT2D eigenvalue weighted by atomic mass is 16.5. The number of carbonyl (C=O) groups excluding carboxylic acids is 1. The number of hydrogen-bond donors (Lipinski definition) is 2. The van der Waals surface area contributed by atoms with Gasteiger partial charge in [0.1, 0.15) is 11.8 Å². The van der Waals surface area contributed by atoms with Crippen molar-refractivity contribution in [2.45, 2.75) is 31.4 Å². The average molecular weight is 293 g/mol. The van der Waals surface area contributed by atoms with Crippen molar-refractivity contribution >= 4 is 11.9 Å². The molecule has 1 aliphatic rings. The second-order valence-electron chi connectivity index (χ2n) is 5.05. The highest BCUT2D eigenvalue weighted by molar-refractivity contribution is 5.84. The molecule has 2 rings (SSSR count). The van der Waals surface area contributed by atoms with Crippen molar-refractivity contribution in [3.05, 3.63) is 30.3 Å². The molecule has 0 radical (unpaired) electrons. The number of rotatable bonds is 6. The number of nitrogens with zero attached hydrogens (tertiary/aromatic N) is 1. The Balaban J connectivity index is 1.75. The lowest BCUT2D eigenvalue weighted by molar-refractivity contribution is -0.148. The van der Waals surface area contributed by atoms with Gasteiger partial charge < -0.3 is 19.8 Å². The average Bonchev–Trinajstić information content (AvgIpc) is 2.87. The first-order valence-electron chi connectivity index (χ1n) is 6.96. The van der Waals surface area contributed by atoms with E-state index in [4.69, 9.17) is 9.84 Å². The fraction of sp³-hybridized carbons (Fsp3) is 0.467. The molecule has 1 aromatic rings. The Hall–Kier alpha value is -2.08. The summed E-state index contributed by atoms with van der Waals surface area (Å²) in [5, 5.41) is 18.5. The van der Waals surface area contributed by atoms with Crippen LogP contribution in [0.4, 0.5) is 0 Å². The summed E-state index contributed by atoms with van der Waals surface area (Å²) in [4.78, 5) is 24.3. The van der Waals surface area contributed by atoms with Gasteiger partial charge in [0.2, 0.25) is 5.91 Å². The summed E-state index contributed by atoms with van der Waals surface area (Å²) in [7, 11) is 0. The number of carboxylic acids is 1. The number of aliphatic carboxylic acids is 1. The van der Waals surface area contributed by atoms with Gasteiger partial charge in [-0.05, 0) is 18.6 Å². The van der Waals surface area contributed by atoms with Crippen molar-refractivity contribution in [3.63, 3.8) is 0 Å². The van der Waals surface area contributed by atoms with Crippen molar-refractivity contribution in [1.82, 2.24) is 4.90 Å². The molecule has 0 aliphatic carbocycles. The Morgan fingerprint density at radius 2 is 2.00 bits per heavy atom. The maximum atomic E-state index is 12.0. The van der Waals surface area contributed by atoms with Crippen LogP contribution in [-0.4, -0.2) is 52.3 Å². The van der Waals surface area contributed by atoms with Gasteiger partial charge in [0.25, 0.3) is 0 Å². The molecule has 2 atom stereocenters. The minimum atomic E-state index is -1.07. The minimum Gasteiger partial charge on any atom is -0.494 e. The van der Waals surface area contributed by atoms with Crippen LogP contribution >= 0.6 is 0 Å². The van der Waals surface area contributed by atoms with E-state index in [1.54, 1.807) is 0 Å². The Morgan fingerprint density at radius 3 is 2.67 bits per heavy atom. The maximum absolute atomic E-state index is 12.0. The molecule has 6 heteroatoms. The summed E-state index contributed by atoms with van der Waals surface area (Å²) in [6.07, 6.45) is 0.0630. The van der Waals surface area contributed by atoms with E-state index in [0.29, 0.717) is 13.0 Å². The van der Waals surface area contributed by atoms with Crippen LogP contribution in [0, 0.1) is 0 Å². The molecule has 114 valence electrons. The molecule has 1 heterocycles. The molecule has 1 aromatic carbocycles. The normalized spacial score (nSPS) is 21.3. The Bertz CT molecular complexity index is 490. The zero-order valence-corrected chi connectivity index (χ0v) is 11.6. The lowest BCUT2D eigenvalue weighted by atomic mass is 10.2. The third-order valence-electron chi connectivity index (χ3n) is 3.43. The first-order chi connectivity index (χ1) is 10.1. The lowest BCUT2D eigenvalue weighted by Gasteiger charge is -2.21. The molecular weight excluding hydrogens is 274 g/mol. The van der Waals surface area contributed by atoms with Gasteiger partial charge in [0, 0.05) is 19.4 Å². The van der Waals surface area contributed by atoms with Crippen LogP contribution < -0.4 is 4.74 Å². The monoisotopic (exact) mass is 293 g/mol. The SMILES string of the molecule is O=C(O)[C@@H]1CC(O)CN1C(=O)CCCOc1ccccc1. The number of amides is 1. The van der Waals surface area contributed by atoms with Gasteiger partial charge in [-0.2, -0.15) is 0 Å². The van der Waals surface area contributed by atoms with E-state index in [0.717, 1.165) is 5.75 Å². The van der Waals surface area contributed by atoms with Gasteiger partial charge in [0.15, 0.2) is 0 Å². The van der Waals surface area contributed by atoms with Crippen LogP contribution in [0.5, 0.6) is 5.75 Å². The largest absolute Gasteiger partial charge is 0.494 e. The number of aliphatic hydroxyl groups excluding tert-OH is 1. The van der Waals surface area contributed by atoms with Crippen LogP contribution in [0.15, 0.2) is 30.3 Å². The number of aliphatic hydroxyl groups is 1. The maximum Gasteiger partial charge on any atom is 0.326 e. The van der Waals surface area contributed by atoms with Gasteiger partial charge in [-0.1, -0.05) is 18.2 Å². The van der Waals surface area contributed by atoms with E-state index in [1.807, 2.05) is 30.3 Å². The van der Waals surface area contributed by atoms with E-state index in [-0.39, 0.29) is 25.3 Å². The molecule has 1 fully saturated rings. The smallest absolute Gasteiger partial charge is 0.326 e. The van der Waals surface area contributed by atoms with Crippen LogP contribution in [-0.2, 0) is 9.59 Å². The van der Waals surface area contributed by atoms with Gasteiger partial charge >= 0.3 is 5.97 Å². The van der Waals surface area contributed by atoms with E-state index < -0.39 is 18.1 Å². The number of ether oxygens (including phenoxy) is 1. The predicted molar refractivity (Wildman–Crippen MR) is 74.9 cm³/mol. The van der Waals surface area contributed by atoms with Gasteiger partial charge in [-0.15, -0.1) is 0 Å². The second kappa shape index (κ2) is 7.08. The molecule has 21 heavy (non-hydrogen) atoms. The molecular formula is C15H19NO5. The highest BCUT2D eigenvalue weighted by Crippen LogP contribution is 2.19. The summed E-state index contributed by atoms with van der Waals surface area (Å²) in [6, 6.07) is 8.37. The Morgan fingerprint density at radius 1 is 1.29 bits per heavy atom. The molecule has 2 N–H and O–H groups in total. The molecule has 0 aromatic heterocycles. The van der Waals surface area contributed by atoms with E-state index in [2.05, 4.69) is 0 Å². The van der Waals surface area contributed by atoms with Gasteiger partial charge in [-0.25, -0.2) is 4.79 Å². The topological polar surface area (TPSA) is 87.1 Å².